The molecule has 15 heavy (non-hydrogen) atoms. The minimum Gasteiger partial charge on any atom is -0.396 e. The van der Waals surface area contributed by atoms with E-state index in [9.17, 15) is 0 Å². The maximum Gasteiger partial charge on any atom is 0.142 e. The van der Waals surface area contributed by atoms with Gasteiger partial charge in [0, 0.05) is 16.3 Å². The Balaban J connectivity index is 2.08. The van der Waals surface area contributed by atoms with E-state index in [0.717, 1.165) is 16.8 Å². The molecule has 0 aliphatic carbocycles. The first-order valence-corrected chi connectivity index (χ1v) is 7.00. The van der Waals surface area contributed by atoms with Gasteiger partial charge in [-0.3, -0.25) is 0 Å². The molecule has 82 valence electrons. The fraction of sp³-hybridized carbons (Fsp3) is 0.600. The van der Waals surface area contributed by atoms with Gasteiger partial charge in [-0.2, -0.15) is 11.8 Å². The molecule has 1 aromatic heterocycles. The summed E-state index contributed by atoms with van der Waals surface area (Å²) < 4.78 is 0. The van der Waals surface area contributed by atoms with Crippen LogP contribution in [0.4, 0.5) is 5.69 Å². The zero-order valence-corrected chi connectivity index (χ0v) is 10.5. The highest BCUT2D eigenvalue weighted by atomic mass is 32.2. The number of rotatable bonds is 1. The van der Waals surface area contributed by atoms with Crippen molar-refractivity contribution in [1.82, 2.24) is 9.97 Å². The van der Waals surface area contributed by atoms with E-state index in [1.54, 1.807) is 12.4 Å². The molecule has 2 N–H and O–H groups in total. The lowest BCUT2D eigenvalue weighted by atomic mass is 10.3. The maximum absolute atomic E-state index is 5.57. The lowest BCUT2D eigenvalue weighted by Crippen LogP contribution is -2.22. The molecule has 0 amide bonds. The number of hydrogen-bond donors (Lipinski definition) is 1. The van der Waals surface area contributed by atoms with Gasteiger partial charge in [-0.25, -0.2) is 9.97 Å². The van der Waals surface area contributed by atoms with Crippen LogP contribution >= 0.6 is 23.5 Å². The summed E-state index contributed by atoms with van der Waals surface area (Å²) in [4.78, 5) is 8.58. The molecule has 2 heterocycles. The van der Waals surface area contributed by atoms with Crippen LogP contribution in [0, 0.1) is 0 Å². The predicted molar refractivity (Wildman–Crippen MR) is 68.2 cm³/mol. The third-order valence-electron chi connectivity index (χ3n) is 2.53. The van der Waals surface area contributed by atoms with Crippen LogP contribution in [0.15, 0.2) is 12.4 Å². The van der Waals surface area contributed by atoms with Crippen LogP contribution < -0.4 is 5.73 Å². The Morgan fingerprint density at radius 1 is 1.27 bits per heavy atom. The molecule has 1 fully saturated rings. The monoisotopic (exact) mass is 241 g/mol. The molecule has 0 spiro atoms. The van der Waals surface area contributed by atoms with E-state index in [0.29, 0.717) is 16.2 Å². The van der Waals surface area contributed by atoms with Gasteiger partial charge in [0.1, 0.15) is 5.82 Å². The highest BCUT2D eigenvalue weighted by Crippen LogP contribution is 2.42. The first-order valence-electron chi connectivity index (χ1n) is 5.01. The summed E-state index contributed by atoms with van der Waals surface area (Å²) in [5, 5.41) is 1.80. The summed E-state index contributed by atoms with van der Waals surface area (Å²) >= 11 is 3.97. The molecule has 3 atom stereocenters. The molecule has 3 nitrogen and oxygen atoms in total. The Labute approximate surface area is 98.6 Å². The maximum atomic E-state index is 5.57. The summed E-state index contributed by atoms with van der Waals surface area (Å²) in [5.41, 5.74) is 6.20. The van der Waals surface area contributed by atoms with Crippen LogP contribution in [0.25, 0.3) is 0 Å². The first kappa shape index (κ1) is 11.1. The molecule has 0 aromatic carbocycles. The van der Waals surface area contributed by atoms with Crippen molar-refractivity contribution in [2.45, 2.75) is 29.6 Å². The second-order valence-electron chi connectivity index (χ2n) is 3.74. The second-order valence-corrected chi connectivity index (χ2v) is 6.74. The number of nitrogen functional groups attached to an aromatic ring is 1. The lowest BCUT2D eigenvalue weighted by Gasteiger charge is -2.30. The minimum atomic E-state index is 0.418. The van der Waals surface area contributed by atoms with E-state index in [1.165, 1.54) is 0 Å². The Morgan fingerprint density at radius 2 is 1.93 bits per heavy atom. The second kappa shape index (κ2) is 4.61. The van der Waals surface area contributed by atoms with Crippen molar-refractivity contribution in [3.05, 3.63) is 18.2 Å². The van der Waals surface area contributed by atoms with Crippen LogP contribution in [0.5, 0.6) is 0 Å². The van der Waals surface area contributed by atoms with Gasteiger partial charge in [-0.15, -0.1) is 11.8 Å². The van der Waals surface area contributed by atoms with Gasteiger partial charge in [0.25, 0.3) is 0 Å². The van der Waals surface area contributed by atoms with E-state index in [1.807, 2.05) is 23.5 Å². The van der Waals surface area contributed by atoms with Crippen molar-refractivity contribution in [1.29, 1.82) is 0 Å². The molecule has 1 aromatic rings. The van der Waals surface area contributed by atoms with E-state index >= 15 is 0 Å². The van der Waals surface area contributed by atoms with Crippen molar-refractivity contribution in [2.24, 2.45) is 0 Å². The van der Waals surface area contributed by atoms with Crippen molar-refractivity contribution in [3.8, 4) is 0 Å². The van der Waals surface area contributed by atoms with Crippen molar-refractivity contribution < 1.29 is 0 Å². The summed E-state index contributed by atoms with van der Waals surface area (Å²) in [5.74, 6) is 2.01. The van der Waals surface area contributed by atoms with Crippen molar-refractivity contribution in [3.63, 3.8) is 0 Å². The van der Waals surface area contributed by atoms with Crippen molar-refractivity contribution in [2.75, 3.05) is 11.5 Å². The largest absolute Gasteiger partial charge is 0.396 e. The van der Waals surface area contributed by atoms with E-state index in [4.69, 9.17) is 5.73 Å². The fourth-order valence-corrected chi connectivity index (χ4v) is 4.29. The standard InChI is InChI=1S/C10H15N3S2/c1-6-7(2)15-9(5-14-6)10-12-3-8(11)4-13-10/h3-4,6-7,9H,5,11H2,1-2H3. The molecular weight excluding hydrogens is 226 g/mol. The average molecular weight is 241 g/mol. The van der Waals surface area contributed by atoms with E-state index < -0.39 is 0 Å². The van der Waals surface area contributed by atoms with Crippen LogP contribution in [-0.2, 0) is 0 Å². The highest BCUT2D eigenvalue weighted by molar-refractivity contribution is 8.07. The number of thioether (sulfide) groups is 2. The zero-order chi connectivity index (χ0) is 10.8. The molecule has 0 bridgehead atoms. The third kappa shape index (κ3) is 2.58. The molecule has 5 heteroatoms. The van der Waals surface area contributed by atoms with Gasteiger partial charge in [0.15, 0.2) is 0 Å². The predicted octanol–water partition coefficient (Wildman–Crippen LogP) is 2.36. The topological polar surface area (TPSA) is 51.8 Å². The summed E-state index contributed by atoms with van der Waals surface area (Å²) in [6.45, 7) is 4.55. The SMILES string of the molecule is CC1SCC(c2ncc(N)cn2)SC1C. The number of nitrogens with two attached hydrogens (primary N) is 1. The third-order valence-corrected chi connectivity index (χ3v) is 5.92. The zero-order valence-electron chi connectivity index (χ0n) is 8.88. The molecule has 0 radical (unpaired) electrons. The van der Waals surface area contributed by atoms with Gasteiger partial charge < -0.3 is 5.73 Å². The van der Waals surface area contributed by atoms with Crippen LogP contribution in [0.2, 0.25) is 0 Å². The Kier molecular flexibility index (Phi) is 3.41. The highest BCUT2D eigenvalue weighted by Gasteiger charge is 2.28. The smallest absolute Gasteiger partial charge is 0.142 e. The fourth-order valence-electron chi connectivity index (χ4n) is 1.43. The Hall–Kier alpha value is -0.420. The van der Waals surface area contributed by atoms with Gasteiger partial charge in [-0.05, 0) is 0 Å². The van der Waals surface area contributed by atoms with Crippen LogP contribution in [0.1, 0.15) is 24.9 Å². The van der Waals surface area contributed by atoms with Gasteiger partial charge in [0.05, 0.1) is 23.3 Å². The van der Waals surface area contributed by atoms with Gasteiger partial charge in [0.2, 0.25) is 0 Å². The molecule has 0 saturated carbocycles. The summed E-state index contributed by atoms with van der Waals surface area (Å²) in [7, 11) is 0. The summed E-state index contributed by atoms with van der Waals surface area (Å²) in [6, 6.07) is 0. The van der Waals surface area contributed by atoms with Gasteiger partial charge in [-0.1, -0.05) is 13.8 Å². The molecule has 1 aliphatic heterocycles. The van der Waals surface area contributed by atoms with E-state index in [2.05, 4.69) is 23.8 Å². The number of hydrogen-bond acceptors (Lipinski definition) is 5. The van der Waals surface area contributed by atoms with E-state index in [-0.39, 0.29) is 0 Å². The summed E-state index contributed by atoms with van der Waals surface area (Å²) in [6.07, 6.45) is 3.38. The minimum absolute atomic E-state index is 0.418. The Morgan fingerprint density at radius 3 is 2.53 bits per heavy atom. The molecular formula is C10H15N3S2. The first-order chi connectivity index (χ1) is 7.16. The molecule has 1 saturated heterocycles. The number of aromatic nitrogens is 2. The number of nitrogens with zero attached hydrogens (tertiary/aromatic N) is 2. The van der Waals surface area contributed by atoms with Crippen LogP contribution in [-0.4, -0.2) is 26.2 Å². The average Bonchev–Trinajstić information content (AvgIpc) is 2.23. The van der Waals surface area contributed by atoms with Crippen LogP contribution in [0.3, 0.4) is 0 Å². The molecule has 3 unspecified atom stereocenters. The molecule has 2 rings (SSSR count). The number of anilines is 1. The normalized spacial score (nSPS) is 31.5. The van der Waals surface area contributed by atoms with Gasteiger partial charge >= 0.3 is 0 Å². The quantitative estimate of drug-likeness (QED) is 0.818. The Bertz CT molecular complexity index is 328. The lowest BCUT2D eigenvalue weighted by molar-refractivity contribution is 0.860. The van der Waals surface area contributed by atoms with Crippen molar-refractivity contribution >= 4 is 29.2 Å². The molecule has 1 aliphatic rings.